The predicted octanol–water partition coefficient (Wildman–Crippen LogP) is 1.62. The molecule has 2 unspecified atom stereocenters. The molecule has 14 heavy (non-hydrogen) atoms. The molecule has 2 atom stereocenters. The molecule has 0 bridgehead atoms. The van der Waals surface area contributed by atoms with E-state index in [1.807, 2.05) is 24.3 Å². The van der Waals surface area contributed by atoms with E-state index in [9.17, 15) is 0 Å². The van der Waals surface area contributed by atoms with Crippen molar-refractivity contribution in [2.24, 2.45) is 5.73 Å². The molecule has 1 aliphatic heterocycles. The van der Waals surface area contributed by atoms with Gasteiger partial charge in [0.2, 0.25) is 0 Å². The Labute approximate surface area is 89.1 Å². The quantitative estimate of drug-likeness (QED) is 0.826. The summed E-state index contributed by atoms with van der Waals surface area (Å²) in [6.45, 7) is 2.86. The van der Waals surface area contributed by atoms with Crippen molar-refractivity contribution in [1.29, 1.82) is 0 Å². The van der Waals surface area contributed by atoms with Crippen LogP contribution in [-0.2, 0) is 0 Å². The molecule has 0 saturated carbocycles. The zero-order chi connectivity index (χ0) is 9.97. The molecule has 1 saturated heterocycles. The van der Waals surface area contributed by atoms with Gasteiger partial charge in [-0.3, -0.25) is 0 Å². The highest BCUT2D eigenvalue weighted by atomic mass is 32.2. The van der Waals surface area contributed by atoms with Crippen molar-refractivity contribution >= 4 is 11.8 Å². The molecule has 0 amide bonds. The number of rotatable bonds is 3. The van der Waals surface area contributed by atoms with Crippen LogP contribution in [0.4, 0.5) is 0 Å². The Kier molecular flexibility index (Phi) is 3.13. The first kappa shape index (κ1) is 10.1. The van der Waals surface area contributed by atoms with Crippen LogP contribution in [0.1, 0.15) is 31.0 Å². The number of aromatic nitrogens is 2. The van der Waals surface area contributed by atoms with E-state index in [-0.39, 0.29) is 0 Å². The molecule has 2 rings (SSSR count). The molecule has 1 aromatic heterocycles. The third-order valence-corrected chi connectivity index (χ3v) is 4.00. The van der Waals surface area contributed by atoms with E-state index in [0.717, 1.165) is 0 Å². The molecule has 1 aliphatic rings. The SMILES string of the molecule is CC(CN)c1cncn1C1CCSC1. The topological polar surface area (TPSA) is 43.8 Å². The number of nitrogens with two attached hydrogens (primary N) is 1. The van der Waals surface area contributed by atoms with Crippen LogP contribution in [0, 0.1) is 0 Å². The average Bonchev–Trinajstić information content (AvgIpc) is 2.85. The molecule has 0 radical (unpaired) electrons. The summed E-state index contributed by atoms with van der Waals surface area (Å²) < 4.78 is 2.32. The fourth-order valence-electron chi connectivity index (χ4n) is 1.86. The molecule has 0 aromatic carbocycles. The second kappa shape index (κ2) is 4.36. The Bertz CT molecular complexity index is 291. The van der Waals surface area contributed by atoms with Gasteiger partial charge in [0.15, 0.2) is 0 Å². The zero-order valence-corrected chi connectivity index (χ0v) is 9.33. The van der Waals surface area contributed by atoms with Crippen molar-refractivity contribution in [2.45, 2.75) is 25.3 Å². The molecule has 3 nitrogen and oxygen atoms in total. The fraction of sp³-hybridized carbons (Fsp3) is 0.700. The van der Waals surface area contributed by atoms with E-state index in [1.54, 1.807) is 0 Å². The summed E-state index contributed by atoms with van der Waals surface area (Å²) >= 11 is 2.03. The lowest BCUT2D eigenvalue weighted by Crippen LogP contribution is -2.16. The fourth-order valence-corrected chi connectivity index (χ4v) is 3.07. The molecule has 1 fully saturated rings. The van der Waals surface area contributed by atoms with E-state index in [1.165, 1.54) is 23.6 Å². The standard InChI is InChI=1S/C10H17N3S/c1-8(4-11)10-5-12-7-13(10)9-2-3-14-6-9/h5,7-9H,2-4,6,11H2,1H3. The van der Waals surface area contributed by atoms with E-state index < -0.39 is 0 Å². The summed E-state index contributed by atoms with van der Waals surface area (Å²) in [4.78, 5) is 4.23. The lowest BCUT2D eigenvalue weighted by Gasteiger charge is -2.17. The molecule has 2 heterocycles. The summed E-state index contributed by atoms with van der Waals surface area (Å²) in [6.07, 6.45) is 5.18. The maximum absolute atomic E-state index is 5.68. The van der Waals surface area contributed by atoms with Gasteiger partial charge in [0.25, 0.3) is 0 Å². The smallest absolute Gasteiger partial charge is 0.0951 e. The van der Waals surface area contributed by atoms with Crippen molar-refractivity contribution in [1.82, 2.24) is 9.55 Å². The van der Waals surface area contributed by atoms with Crippen LogP contribution in [0.3, 0.4) is 0 Å². The van der Waals surface area contributed by atoms with Gasteiger partial charge in [-0.15, -0.1) is 0 Å². The summed E-state index contributed by atoms with van der Waals surface area (Å²) in [5.74, 6) is 2.92. The van der Waals surface area contributed by atoms with E-state index in [4.69, 9.17) is 5.73 Å². The first-order valence-electron chi connectivity index (χ1n) is 5.12. The summed E-state index contributed by atoms with van der Waals surface area (Å²) in [6, 6.07) is 0.645. The first-order valence-corrected chi connectivity index (χ1v) is 6.28. The number of imidazole rings is 1. The summed E-state index contributed by atoms with van der Waals surface area (Å²) in [5, 5.41) is 0. The van der Waals surface area contributed by atoms with Crippen LogP contribution < -0.4 is 5.73 Å². The van der Waals surface area contributed by atoms with Gasteiger partial charge in [-0.1, -0.05) is 6.92 Å². The maximum Gasteiger partial charge on any atom is 0.0951 e. The molecule has 2 N–H and O–H groups in total. The monoisotopic (exact) mass is 211 g/mol. The van der Waals surface area contributed by atoms with E-state index in [0.29, 0.717) is 18.5 Å². The van der Waals surface area contributed by atoms with Crippen LogP contribution in [0.5, 0.6) is 0 Å². The van der Waals surface area contributed by atoms with Crippen LogP contribution in [-0.4, -0.2) is 27.6 Å². The van der Waals surface area contributed by atoms with Crippen LogP contribution in [0.2, 0.25) is 0 Å². The van der Waals surface area contributed by atoms with Crippen molar-refractivity contribution in [2.75, 3.05) is 18.1 Å². The maximum atomic E-state index is 5.68. The molecule has 0 spiro atoms. The molecular weight excluding hydrogens is 194 g/mol. The Balaban J connectivity index is 2.19. The number of thioether (sulfide) groups is 1. The first-order chi connectivity index (χ1) is 6.83. The van der Waals surface area contributed by atoms with Gasteiger partial charge < -0.3 is 10.3 Å². The van der Waals surface area contributed by atoms with Gasteiger partial charge in [-0.25, -0.2) is 4.98 Å². The third kappa shape index (κ3) is 1.81. The normalized spacial score (nSPS) is 24.0. The zero-order valence-electron chi connectivity index (χ0n) is 8.52. The highest BCUT2D eigenvalue weighted by molar-refractivity contribution is 7.99. The Morgan fingerprint density at radius 1 is 1.79 bits per heavy atom. The summed E-state index contributed by atoms with van der Waals surface area (Å²) in [5.41, 5.74) is 6.98. The second-order valence-corrected chi connectivity index (χ2v) is 5.03. The molecule has 0 aliphatic carbocycles. The van der Waals surface area contributed by atoms with Gasteiger partial charge >= 0.3 is 0 Å². The molecule has 78 valence electrons. The highest BCUT2D eigenvalue weighted by Gasteiger charge is 2.20. The van der Waals surface area contributed by atoms with Gasteiger partial charge in [0, 0.05) is 36.1 Å². The van der Waals surface area contributed by atoms with E-state index in [2.05, 4.69) is 16.5 Å². The van der Waals surface area contributed by atoms with Crippen molar-refractivity contribution in [3.05, 3.63) is 18.2 Å². The van der Waals surface area contributed by atoms with Crippen LogP contribution in [0.15, 0.2) is 12.5 Å². The van der Waals surface area contributed by atoms with Gasteiger partial charge in [0.05, 0.1) is 6.33 Å². The number of hydrogen-bond acceptors (Lipinski definition) is 3. The summed E-state index contributed by atoms with van der Waals surface area (Å²) in [7, 11) is 0. The largest absolute Gasteiger partial charge is 0.330 e. The lowest BCUT2D eigenvalue weighted by atomic mass is 10.1. The predicted molar refractivity (Wildman–Crippen MR) is 60.7 cm³/mol. The van der Waals surface area contributed by atoms with Crippen molar-refractivity contribution in [3.8, 4) is 0 Å². The number of nitrogens with zero attached hydrogens (tertiary/aromatic N) is 2. The van der Waals surface area contributed by atoms with Gasteiger partial charge in [0.1, 0.15) is 0 Å². The Morgan fingerprint density at radius 3 is 3.29 bits per heavy atom. The Morgan fingerprint density at radius 2 is 2.64 bits per heavy atom. The minimum atomic E-state index is 0.420. The van der Waals surface area contributed by atoms with E-state index >= 15 is 0 Å². The minimum absolute atomic E-state index is 0.420. The molecule has 4 heteroatoms. The lowest BCUT2D eigenvalue weighted by molar-refractivity contribution is 0.521. The third-order valence-electron chi connectivity index (χ3n) is 2.85. The van der Waals surface area contributed by atoms with Crippen molar-refractivity contribution in [3.63, 3.8) is 0 Å². The number of hydrogen-bond donors (Lipinski definition) is 1. The van der Waals surface area contributed by atoms with Crippen molar-refractivity contribution < 1.29 is 0 Å². The highest BCUT2D eigenvalue weighted by Crippen LogP contribution is 2.30. The average molecular weight is 211 g/mol. The molecule has 1 aromatic rings. The van der Waals surface area contributed by atoms with Crippen LogP contribution >= 0.6 is 11.8 Å². The Hall–Kier alpha value is -0.480. The minimum Gasteiger partial charge on any atom is -0.330 e. The van der Waals surface area contributed by atoms with Gasteiger partial charge in [-0.2, -0.15) is 11.8 Å². The van der Waals surface area contributed by atoms with Gasteiger partial charge in [-0.05, 0) is 12.2 Å². The molecular formula is C10H17N3S. The second-order valence-electron chi connectivity index (χ2n) is 3.88. The van der Waals surface area contributed by atoms with Crippen LogP contribution in [0.25, 0.3) is 0 Å².